The molecule has 0 aromatic carbocycles. The van der Waals surface area contributed by atoms with Gasteiger partial charge in [-0.3, -0.25) is 34.7 Å². The summed E-state index contributed by atoms with van der Waals surface area (Å²) in [7, 11) is 0. The van der Waals surface area contributed by atoms with Gasteiger partial charge in [-0.25, -0.2) is 0 Å². The lowest BCUT2D eigenvalue weighted by Crippen LogP contribution is -2.42. The fourth-order valence-electron chi connectivity index (χ4n) is 3.72. The molecule has 2 N–H and O–H groups in total. The van der Waals surface area contributed by atoms with Gasteiger partial charge in [0.25, 0.3) is 0 Å². The third-order valence-corrected chi connectivity index (χ3v) is 6.58. The Bertz CT molecular complexity index is 1000. The number of nitrogens with one attached hydrogen (secondary N) is 1. The largest absolute Gasteiger partial charge is 0.480 e. The molecule has 2 aromatic heterocycles. The van der Waals surface area contributed by atoms with Crippen molar-refractivity contribution >= 4 is 50.9 Å². The van der Waals surface area contributed by atoms with E-state index in [9.17, 15) is 29.6 Å². The molecule has 2 aliphatic rings. The van der Waals surface area contributed by atoms with Gasteiger partial charge in [-0.2, -0.15) is 0 Å². The molecule has 2 saturated heterocycles. The number of carboxylic acids is 1. The SMILES string of the molecule is O=C(O)C1NC(c2ccc(Br)s2)C2C(=O)N(Cc3ccc([N+](=O)[O-])o3)C(=O)C12. The van der Waals surface area contributed by atoms with Gasteiger partial charge < -0.3 is 9.52 Å². The van der Waals surface area contributed by atoms with E-state index in [0.717, 1.165) is 19.6 Å². The van der Waals surface area contributed by atoms with Crippen LogP contribution in [0.25, 0.3) is 0 Å². The molecule has 4 heterocycles. The summed E-state index contributed by atoms with van der Waals surface area (Å²) in [5, 5.41) is 23.2. The maximum atomic E-state index is 13.0. The minimum Gasteiger partial charge on any atom is -0.480 e. The van der Waals surface area contributed by atoms with Crippen molar-refractivity contribution in [2.75, 3.05) is 0 Å². The average Bonchev–Trinajstić information content (AvgIpc) is 3.38. The van der Waals surface area contributed by atoms with Crippen LogP contribution in [0.15, 0.2) is 32.5 Å². The lowest BCUT2D eigenvalue weighted by molar-refractivity contribution is -0.402. The van der Waals surface area contributed by atoms with Gasteiger partial charge in [0, 0.05) is 4.88 Å². The molecule has 4 atom stereocenters. The van der Waals surface area contributed by atoms with Crippen molar-refractivity contribution < 1.29 is 28.8 Å². The van der Waals surface area contributed by atoms with E-state index in [2.05, 4.69) is 21.2 Å². The number of furan rings is 1. The molecule has 0 bridgehead atoms. The van der Waals surface area contributed by atoms with E-state index in [4.69, 9.17) is 4.42 Å². The highest BCUT2D eigenvalue weighted by atomic mass is 79.9. The van der Waals surface area contributed by atoms with Gasteiger partial charge in [-0.1, -0.05) is 0 Å². The number of nitrogens with zero attached hydrogens (tertiary/aromatic N) is 2. The van der Waals surface area contributed by atoms with Gasteiger partial charge in [0.15, 0.2) is 0 Å². The monoisotopic (exact) mass is 469 g/mol. The molecular formula is C16H12BrN3O7S. The topological polar surface area (TPSA) is 143 Å². The molecule has 4 rings (SSSR count). The number of likely N-dealkylation sites (tertiary alicyclic amines) is 1. The van der Waals surface area contributed by atoms with Crippen molar-refractivity contribution in [2.45, 2.75) is 18.6 Å². The van der Waals surface area contributed by atoms with Crippen LogP contribution in [0.2, 0.25) is 0 Å². The van der Waals surface area contributed by atoms with E-state index in [1.165, 1.54) is 17.4 Å². The highest BCUT2D eigenvalue weighted by Crippen LogP contribution is 2.46. The number of thiophene rings is 1. The molecule has 0 spiro atoms. The minimum atomic E-state index is -1.22. The highest BCUT2D eigenvalue weighted by Gasteiger charge is 2.61. The molecule has 10 nitrogen and oxygen atoms in total. The molecule has 2 aromatic rings. The third kappa shape index (κ3) is 2.93. The predicted molar refractivity (Wildman–Crippen MR) is 97.2 cm³/mol. The maximum Gasteiger partial charge on any atom is 0.433 e. The Morgan fingerprint density at radius 2 is 2.00 bits per heavy atom. The number of hydrogen-bond donors (Lipinski definition) is 2. The predicted octanol–water partition coefficient (Wildman–Crippen LogP) is 1.91. The summed E-state index contributed by atoms with van der Waals surface area (Å²) in [6.07, 6.45) is 0. The molecule has 146 valence electrons. The summed E-state index contributed by atoms with van der Waals surface area (Å²) in [5.41, 5.74) is 0. The smallest absolute Gasteiger partial charge is 0.433 e. The number of amides is 2. The number of carboxylic acid groups (broad SMARTS) is 1. The Labute approximate surface area is 169 Å². The lowest BCUT2D eigenvalue weighted by Gasteiger charge is -2.19. The quantitative estimate of drug-likeness (QED) is 0.383. The van der Waals surface area contributed by atoms with Gasteiger partial charge in [0.2, 0.25) is 11.8 Å². The van der Waals surface area contributed by atoms with Crippen LogP contribution in [-0.2, 0) is 20.9 Å². The number of aliphatic carboxylic acids is 1. The van der Waals surface area contributed by atoms with Crippen LogP contribution in [0.5, 0.6) is 0 Å². The lowest BCUT2D eigenvalue weighted by atomic mass is 9.89. The summed E-state index contributed by atoms with van der Waals surface area (Å²) in [6.45, 7) is -0.286. The molecule has 28 heavy (non-hydrogen) atoms. The van der Waals surface area contributed by atoms with E-state index in [1.807, 2.05) is 0 Å². The number of fused-ring (bicyclic) bond motifs is 1. The summed E-state index contributed by atoms with van der Waals surface area (Å²) in [6, 6.07) is 4.18. The van der Waals surface area contributed by atoms with Crippen molar-refractivity contribution in [1.29, 1.82) is 0 Å². The molecule has 12 heteroatoms. The summed E-state index contributed by atoms with van der Waals surface area (Å²) in [5.74, 6) is -4.73. The normalized spacial score (nSPS) is 26.7. The molecular weight excluding hydrogens is 458 g/mol. The molecule has 4 unspecified atom stereocenters. The number of carbonyl (C=O) groups is 3. The molecule has 0 aliphatic carbocycles. The summed E-state index contributed by atoms with van der Waals surface area (Å²) < 4.78 is 5.85. The number of hydrogen-bond acceptors (Lipinski definition) is 8. The second kappa shape index (κ2) is 6.79. The van der Waals surface area contributed by atoms with E-state index < -0.39 is 52.5 Å². The van der Waals surface area contributed by atoms with Gasteiger partial charge in [-0.05, 0) is 34.1 Å². The zero-order valence-corrected chi connectivity index (χ0v) is 16.3. The first-order chi connectivity index (χ1) is 13.3. The van der Waals surface area contributed by atoms with E-state index in [1.54, 1.807) is 12.1 Å². The first-order valence-electron chi connectivity index (χ1n) is 8.10. The summed E-state index contributed by atoms with van der Waals surface area (Å²) in [4.78, 5) is 49.2. The van der Waals surface area contributed by atoms with E-state index in [-0.39, 0.29) is 12.3 Å². The Balaban J connectivity index is 1.65. The van der Waals surface area contributed by atoms with Crippen LogP contribution < -0.4 is 5.32 Å². The Kier molecular flexibility index (Phi) is 4.56. The van der Waals surface area contributed by atoms with Crippen LogP contribution in [0, 0.1) is 22.0 Å². The second-order valence-electron chi connectivity index (χ2n) is 6.41. The van der Waals surface area contributed by atoms with E-state index >= 15 is 0 Å². The first-order valence-corrected chi connectivity index (χ1v) is 9.71. The highest BCUT2D eigenvalue weighted by molar-refractivity contribution is 9.11. The van der Waals surface area contributed by atoms with Gasteiger partial charge in [0.05, 0.1) is 34.3 Å². The third-order valence-electron chi connectivity index (χ3n) is 4.87. The van der Waals surface area contributed by atoms with Crippen LogP contribution in [0.3, 0.4) is 0 Å². The molecule has 0 radical (unpaired) electrons. The maximum absolute atomic E-state index is 13.0. The van der Waals surface area contributed by atoms with Crippen LogP contribution in [0.4, 0.5) is 5.88 Å². The van der Waals surface area contributed by atoms with Crippen molar-refractivity contribution in [1.82, 2.24) is 10.2 Å². The van der Waals surface area contributed by atoms with Gasteiger partial charge in [-0.15, -0.1) is 11.3 Å². The standard InChI is InChI=1S/C16H12BrN3O7S/c17-8-3-2-7(28-8)12-10-11(13(18-12)16(23)24)15(22)19(14(10)21)5-6-1-4-9(27-6)20(25)26/h1-4,10-13,18H,5H2,(H,23,24). The van der Waals surface area contributed by atoms with Crippen molar-refractivity contribution in [3.63, 3.8) is 0 Å². The molecule has 0 saturated carbocycles. The van der Waals surface area contributed by atoms with E-state index in [0.29, 0.717) is 0 Å². The number of imide groups is 1. The second-order valence-corrected chi connectivity index (χ2v) is 8.91. The van der Waals surface area contributed by atoms with Crippen molar-refractivity contribution in [2.24, 2.45) is 11.8 Å². The van der Waals surface area contributed by atoms with Crippen LogP contribution in [-0.4, -0.2) is 38.8 Å². The van der Waals surface area contributed by atoms with Gasteiger partial charge >= 0.3 is 11.9 Å². The number of halogens is 1. The summed E-state index contributed by atoms with van der Waals surface area (Å²) >= 11 is 4.69. The molecule has 2 amide bonds. The number of nitro groups is 1. The van der Waals surface area contributed by atoms with Crippen molar-refractivity contribution in [3.05, 3.63) is 48.8 Å². The van der Waals surface area contributed by atoms with Crippen LogP contribution in [0.1, 0.15) is 16.7 Å². The minimum absolute atomic E-state index is 0.0728. The zero-order valence-electron chi connectivity index (χ0n) is 13.9. The van der Waals surface area contributed by atoms with Gasteiger partial charge in [0.1, 0.15) is 16.7 Å². The number of carbonyl (C=O) groups excluding carboxylic acids is 2. The molecule has 2 aliphatic heterocycles. The zero-order chi connectivity index (χ0) is 20.2. The Morgan fingerprint density at radius 1 is 1.29 bits per heavy atom. The molecule has 2 fully saturated rings. The Morgan fingerprint density at radius 3 is 2.57 bits per heavy atom. The average molecular weight is 470 g/mol. The fourth-order valence-corrected chi connectivity index (χ4v) is 5.25. The Hall–Kier alpha value is -2.57. The fraction of sp³-hybridized carbons (Fsp3) is 0.312. The van der Waals surface area contributed by atoms with Crippen LogP contribution >= 0.6 is 27.3 Å². The number of rotatable bonds is 5. The van der Waals surface area contributed by atoms with Crippen molar-refractivity contribution in [3.8, 4) is 0 Å². The first kappa shape index (κ1) is 18.8.